The summed E-state index contributed by atoms with van der Waals surface area (Å²) in [4.78, 5) is 1.77. The third-order valence-electron chi connectivity index (χ3n) is 2.68. The summed E-state index contributed by atoms with van der Waals surface area (Å²) in [5, 5.41) is 8.66. The maximum atomic E-state index is 4.34. The first-order valence-electron chi connectivity index (χ1n) is 4.23. The van der Waals surface area contributed by atoms with Crippen LogP contribution in [0.15, 0.2) is 5.10 Å². The molecule has 0 aliphatic carbocycles. The quantitative estimate of drug-likeness (QED) is 0.574. The first-order valence-corrected chi connectivity index (χ1v) is 4.23. The minimum absolute atomic E-state index is 0.436. The lowest BCUT2D eigenvalue weighted by atomic mass is 10.0. The SMILES string of the molecule is CC1=Nn2nc(C)c(C)c2C1C. The Balaban J connectivity index is 2.63. The van der Waals surface area contributed by atoms with Gasteiger partial charge in [0.2, 0.25) is 0 Å². The molecule has 0 bridgehead atoms. The lowest BCUT2D eigenvalue weighted by molar-refractivity contribution is 0.716. The second kappa shape index (κ2) is 2.19. The van der Waals surface area contributed by atoms with E-state index < -0.39 is 0 Å². The average molecular weight is 163 g/mol. The highest BCUT2D eigenvalue weighted by molar-refractivity contribution is 5.90. The summed E-state index contributed by atoms with van der Waals surface area (Å²) in [6.45, 7) is 8.36. The van der Waals surface area contributed by atoms with Gasteiger partial charge in [0.05, 0.1) is 11.4 Å². The van der Waals surface area contributed by atoms with Gasteiger partial charge in [-0.05, 0) is 26.3 Å². The molecular weight excluding hydrogens is 150 g/mol. The van der Waals surface area contributed by atoms with Gasteiger partial charge in [-0.2, -0.15) is 15.0 Å². The molecule has 0 saturated heterocycles. The van der Waals surface area contributed by atoms with Crippen LogP contribution in [0.5, 0.6) is 0 Å². The molecular formula is C9H13N3. The van der Waals surface area contributed by atoms with Crippen LogP contribution in [0, 0.1) is 13.8 Å². The van der Waals surface area contributed by atoms with Crippen molar-refractivity contribution in [2.24, 2.45) is 5.10 Å². The molecule has 64 valence electrons. The molecule has 0 fully saturated rings. The molecule has 1 aromatic heterocycles. The first-order chi connectivity index (χ1) is 5.61. The van der Waals surface area contributed by atoms with E-state index in [1.807, 2.05) is 13.8 Å². The molecule has 2 heterocycles. The fourth-order valence-corrected chi connectivity index (χ4v) is 1.61. The van der Waals surface area contributed by atoms with Gasteiger partial charge in [-0.1, -0.05) is 6.92 Å². The highest BCUT2D eigenvalue weighted by Crippen LogP contribution is 2.27. The van der Waals surface area contributed by atoms with E-state index in [-0.39, 0.29) is 0 Å². The largest absolute Gasteiger partial charge is 0.159 e. The van der Waals surface area contributed by atoms with Crippen molar-refractivity contribution in [2.45, 2.75) is 33.6 Å². The van der Waals surface area contributed by atoms with Crippen LogP contribution < -0.4 is 0 Å². The van der Waals surface area contributed by atoms with Crippen LogP contribution in [0.4, 0.5) is 0 Å². The van der Waals surface area contributed by atoms with E-state index in [9.17, 15) is 0 Å². The minimum atomic E-state index is 0.436. The lowest BCUT2D eigenvalue weighted by Crippen LogP contribution is -2.00. The second-order valence-electron chi connectivity index (χ2n) is 3.45. The molecule has 3 nitrogen and oxygen atoms in total. The van der Waals surface area contributed by atoms with Crippen LogP contribution in [-0.2, 0) is 0 Å². The van der Waals surface area contributed by atoms with Crippen molar-refractivity contribution >= 4 is 5.71 Å². The predicted molar refractivity (Wildman–Crippen MR) is 48.6 cm³/mol. The molecule has 1 unspecified atom stereocenters. The molecule has 0 amide bonds. The number of hydrogen-bond acceptors (Lipinski definition) is 2. The van der Waals surface area contributed by atoms with Crippen molar-refractivity contribution in [1.82, 2.24) is 9.89 Å². The van der Waals surface area contributed by atoms with E-state index in [4.69, 9.17) is 0 Å². The lowest BCUT2D eigenvalue weighted by Gasteiger charge is -2.01. The van der Waals surface area contributed by atoms with Crippen molar-refractivity contribution in [1.29, 1.82) is 0 Å². The van der Waals surface area contributed by atoms with Gasteiger partial charge in [0.15, 0.2) is 0 Å². The molecule has 1 aliphatic rings. The Labute approximate surface area is 72.1 Å². The van der Waals surface area contributed by atoms with Crippen LogP contribution >= 0.6 is 0 Å². The maximum absolute atomic E-state index is 4.34. The number of nitrogens with zero attached hydrogens (tertiary/aromatic N) is 3. The van der Waals surface area contributed by atoms with Gasteiger partial charge in [-0.3, -0.25) is 0 Å². The number of fused-ring (bicyclic) bond motifs is 1. The molecule has 2 rings (SSSR count). The van der Waals surface area contributed by atoms with Crippen LogP contribution in [0.2, 0.25) is 0 Å². The van der Waals surface area contributed by atoms with Gasteiger partial charge in [0.1, 0.15) is 0 Å². The summed E-state index contributed by atoms with van der Waals surface area (Å²) in [6.07, 6.45) is 0. The van der Waals surface area contributed by atoms with Gasteiger partial charge in [0, 0.05) is 11.6 Å². The number of rotatable bonds is 0. The smallest absolute Gasteiger partial charge is 0.0763 e. The summed E-state index contributed by atoms with van der Waals surface area (Å²) in [7, 11) is 0. The van der Waals surface area contributed by atoms with Gasteiger partial charge < -0.3 is 0 Å². The zero-order valence-electron chi connectivity index (χ0n) is 7.92. The Morgan fingerprint density at radius 2 is 1.92 bits per heavy atom. The fourth-order valence-electron chi connectivity index (χ4n) is 1.61. The predicted octanol–water partition coefficient (Wildman–Crippen LogP) is 1.84. The standard InChI is InChI=1S/C9H13N3/c1-5-7(3)10-12-9(5)6(2)8(4)11-12/h5H,1-4H3. The van der Waals surface area contributed by atoms with E-state index in [0.717, 1.165) is 11.4 Å². The first kappa shape index (κ1) is 7.53. The normalized spacial score (nSPS) is 21.0. The molecule has 1 aliphatic heterocycles. The summed E-state index contributed by atoms with van der Waals surface area (Å²) in [5.41, 5.74) is 4.78. The topological polar surface area (TPSA) is 30.2 Å². The van der Waals surface area contributed by atoms with Gasteiger partial charge in [0.25, 0.3) is 0 Å². The number of aryl methyl sites for hydroxylation is 1. The van der Waals surface area contributed by atoms with Gasteiger partial charge >= 0.3 is 0 Å². The molecule has 3 heteroatoms. The van der Waals surface area contributed by atoms with E-state index in [1.54, 1.807) is 4.79 Å². The van der Waals surface area contributed by atoms with Crippen molar-refractivity contribution in [3.05, 3.63) is 17.0 Å². The van der Waals surface area contributed by atoms with Gasteiger partial charge in [-0.25, -0.2) is 0 Å². The van der Waals surface area contributed by atoms with Crippen molar-refractivity contribution in [2.75, 3.05) is 0 Å². The number of hydrogen-bond donors (Lipinski definition) is 0. The zero-order valence-corrected chi connectivity index (χ0v) is 7.92. The molecule has 0 radical (unpaired) electrons. The fraction of sp³-hybridized carbons (Fsp3) is 0.556. The van der Waals surface area contributed by atoms with Gasteiger partial charge in [-0.15, -0.1) is 0 Å². The Hall–Kier alpha value is -1.12. The Bertz CT molecular complexity index is 360. The zero-order chi connectivity index (χ0) is 8.88. The van der Waals surface area contributed by atoms with E-state index in [2.05, 4.69) is 24.0 Å². The molecule has 0 N–H and O–H groups in total. The molecule has 1 atom stereocenters. The third kappa shape index (κ3) is 0.763. The van der Waals surface area contributed by atoms with Crippen LogP contribution in [0.25, 0.3) is 0 Å². The molecule has 1 aromatic rings. The molecule has 0 saturated carbocycles. The molecule has 12 heavy (non-hydrogen) atoms. The van der Waals surface area contributed by atoms with Crippen LogP contribution in [0.3, 0.4) is 0 Å². The third-order valence-corrected chi connectivity index (χ3v) is 2.68. The number of aromatic nitrogens is 2. The maximum Gasteiger partial charge on any atom is 0.0763 e. The minimum Gasteiger partial charge on any atom is -0.159 e. The van der Waals surface area contributed by atoms with E-state index in [1.165, 1.54) is 11.3 Å². The van der Waals surface area contributed by atoms with Crippen LogP contribution in [0.1, 0.15) is 36.7 Å². The summed E-state index contributed by atoms with van der Waals surface area (Å²) >= 11 is 0. The average Bonchev–Trinajstić information content (AvgIpc) is 2.40. The highest BCUT2D eigenvalue weighted by Gasteiger charge is 2.24. The van der Waals surface area contributed by atoms with Crippen LogP contribution in [-0.4, -0.2) is 15.6 Å². The summed E-state index contributed by atoms with van der Waals surface area (Å²) in [6, 6.07) is 0. The van der Waals surface area contributed by atoms with Crippen molar-refractivity contribution in [3.63, 3.8) is 0 Å². The monoisotopic (exact) mass is 163 g/mol. The van der Waals surface area contributed by atoms with Crippen molar-refractivity contribution < 1.29 is 0 Å². The molecule has 0 aromatic carbocycles. The highest BCUT2D eigenvalue weighted by atomic mass is 15.5. The van der Waals surface area contributed by atoms with E-state index in [0.29, 0.717) is 5.92 Å². The Morgan fingerprint density at radius 3 is 2.50 bits per heavy atom. The Morgan fingerprint density at radius 1 is 1.25 bits per heavy atom. The summed E-state index contributed by atoms with van der Waals surface area (Å²) in [5.74, 6) is 0.436. The Kier molecular flexibility index (Phi) is 1.37. The van der Waals surface area contributed by atoms with E-state index >= 15 is 0 Å². The second-order valence-corrected chi connectivity index (χ2v) is 3.45. The molecule has 0 spiro atoms. The van der Waals surface area contributed by atoms with Crippen molar-refractivity contribution in [3.8, 4) is 0 Å². The summed E-state index contributed by atoms with van der Waals surface area (Å²) < 4.78 is 0.